The van der Waals surface area contributed by atoms with Crippen LogP contribution < -0.4 is 4.74 Å². The summed E-state index contributed by atoms with van der Waals surface area (Å²) in [6.45, 7) is 5.93. The van der Waals surface area contributed by atoms with Gasteiger partial charge in [0.05, 0.1) is 15.5 Å². The molecule has 0 radical (unpaired) electrons. The number of hydrogen-bond acceptors (Lipinski definition) is 6. The number of pyridine rings is 1. The van der Waals surface area contributed by atoms with Crippen LogP contribution in [0.15, 0.2) is 47.6 Å². The second-order valence-electron chi connectivity index (χ2n) is 6.42. The van der Waals surface area contributed by atoms with Gasteiger partial charge < -0.3 is 9.14 Å². The van der Waals surface area contributed by atoms with Crippen molar-refractivity contribution in [3.05, 3.63) is 64.1 Å². The van der Waals surface area contributed by atoms with E-state index >= 15 is 0 Å². The number of aryl methyl sites for hydroxylation is 1. The minimum Gasteiger partial charge on any atom is -0.480 e. The Bertz CT molecular complexity index is 1150. The number of rotatable bonds is 8. The number of fused-ring (bicyclic) bond motifs is 1. The van der Waals surface area contributed by atoms with Crippen molar-refractivity contribution < 1.29 is 18.1 Å². The van der Waals surface area contributed by atoms with E-state index in [9.17, 15) is 18.5 Å². The van der Waals surface area contributed by atoms with Crippen molar-refractivity contribution in [1.82, 2.24) is 13.7 Å². The summed E-state index contributed by atoms with van der Waals surface area (Å²) in [5, 5.41) is 11.5. The van der Waals surface area contributed by atoms with Crippen LogP contribution in [0.3, 0.4) is 0 Å². The summed E-state index contributed by atoms with van der Waals surface area (Å²) in [5.41, 5.74) is 1.98. The summed E-state index contributed by atoms with van der Waals surface area (Å²) in [6, 6.07) is 7.51. The van der Waals surface area contributed by atoms with Gasteiger partial charge in [-0.05, 0) is 30.7 Å². The van der Waals surface area contributed by atoms with Crippen LogP contribution in [0.4, 0.5) is 5.69 Å². The molecule has 10 heteroatoms. The highest BCUT2D eigenvalue weighted by Gasteiger charge is 2.26. The maximum atomic E-state index is 12.6. The molecule has 0 fully saturated rings. The van der Waals surface area contributed by atoms with Crippen molar-refractivity contribution in [2.45, 2.75) is 32.3 Å². The number of hydrogen-bond donors (Lipinski definition) is 0. The zero-order chi connectivity index (χ0) is 21.2. The Labute approximate surface area is 168 Å². The van der Waals surface area contributed by atoms with E-state index < -0.39 is 20.6 Å². The van der Waals surface area contributed by atoms with E-state index in [1.54, 1.807) is 20.0 Å². The zero-order valence-corrected chi connectivity index (χ0v) is 17.2. The number of sulfonamides is 1. The van der Waals surface area contributed by atoms with E-state index in [1.807, 2.05) is 29.7 Å². The Morgan fingerprint density at radius 2 is 1.97 bits per heavy atom. The van der Waals surface area contributed by atoms with E-state index in [0.29, 0.717) is 5.69 Å². The lowest BCUT2D eigenvalue weighted by Gasteiger charge is -2.18. The van der Waals surface area contributed by atoms with Gasteiger partial charge in [0.1, 0.15) is 12.3 Å². The quantitative estimate of drug-likeness (QED) is 0.411. The normalized spacial score (nSPS) is 11.9. The SMILES string of the molecule is CCN(CC)S(=O)(=O)c1ccc(OCc2cn3cccc(C)c3n2)c([N+](=O)[O-])c1. The highest BCUT2D eigenvalue weighted by molar-refractivity contribution is 7.89. The summed E-state index contributed by atoms with van der Waals surface area (Å²) in [5.74, 6) is -0.0118. The Hall–Kier alpha value is -2.98. The third-order valence-electron chi connectivity index (χ3n) is 4.57. The first-order chi connectivity index (χ1) is 13.8. The van der Waals surface area contributed by atoms with E-state index in [4.69, 9.17) is 4.74 Å². The van der Waals surface area contributed by atoms with Crippen molar-refractivity contribution in [2.24, 2.45) is 0 Å². The van der Waals surface area contributed by atoms with Crippen LogP contribution in [0.5, 0.6) is 5.75 Å². The first-order valence-corrected chi connectivity index (χ1v) is 10.6. The molecule has 0 bridgehead atoms. The van der Waals surface area contributed by atoms with Crippen LogP contribution in [0, 0.1) is 17.0 Å². The number of nitro groups is 1. The maximum absolute atomic E-state index is 12.6. The molecule has 29 heavy (non-hydrogen) atoms. The Morgan fingerprint density at radius 3 is 2.59 bits per heavy atom. The van der Waals surface area contributed by atoms with Gasteiger partial charge in [0.15, 0.2) is 5.75 Å². The average molecular weight is 418 g/mol. The lowest BCUT2D eigenvalue weighted by molar-refractivity contribution is -0.386. The standard InChI is InChI=1S/C19H22N4O5S/c1-4-22(5-2)29(26,27)16-8-9-18(17(11-16)23(24)25)28-13-15-12-21-10-6-7-14(3)19(21)20-15/h6-12H,4-5,13H2,1-3H3. The molecular formula is C19H22N4O5S. The molecule has 0 aliphatic rings. The van der Waals surface area contributed by atoms with Crippen LogP contribution >= 0.6 is 0 Å². The molecule has 0 saturated carbocycles. The van der Waals surface area contributed by atoms with Gasteiger partial charge in [0, 0.05) is 31.5 Å². The molecule has 0 aliphatic heterocycles. The molecule has 3 rings (SSSR count). The van der Waals surface area contributed by atoms with Crippen LogP contribution in [0.25, 0.3) is 5.65 Å². The second-order valence-corrected chi connectivity index (χ2v) is 8.36. The molecule has 2 heterocycles. The number of aromatic nitrogens is 2. The van der Waals surface area contributed by atoms with Crippen LogP contribution in [0.2, 0.25) is 0 Å². The van der Waals surface area contributed by atoms with Gasteiger partial charge in [-0.2, -0.15) is 4.31 Å². The van der Waals surface area contributed by atoms with Crippen molar-refractivity contribution in [2.75, 3.05) is 13.1 Å². The summed E-state index contributed by atoms with van der Waals surface area (Å²) >= 11 is 0. The van der Waals surface area contributed by atoms with Gasteiger partial charge in [-0.25, -0.2) is 13.4 Å². The van der Waals surface area contributed by atoms with Gasteiger partial charge in [-0.15, -0.1) is 0 Å². The highest BCUT2D eigenvalue weighted by Crippen LogP contribution is 2.31. The molecule has 0 spiro atoms. The predicted molar refractivity (Wildman–Crippen MR) is 107 cm³/mol. The first-order valence-electron chi connectivity index (χ1n) is 9.12. The van der Waals surface area contributed by atoms with Crippen molar-refractivity contribution in [3.63, 3.8) is 0 Å². The summed E-state index contributed by atoms with van der Waals surface area (Å²) in [7, 11) is -3.81. The number of nitrogens with zero attached hydrogens (tertiary/aromatic N) is 4. The maximum Gasteiger partial charge on any atom is 0.312 e. The number of benzene rings is 1. The average Bonchev–Trinajstić information content (AvgIpc) is 3.11. The Balaban J connectivity index is 1.89. The minimum absolute atomic E-state index is 0.0118. The smallest absolute Gasteiger partial charge is 0.312 e. The van der Waals surface area contributed by atoms with Gasteiger partial charge >= 0.3 is 5.69 Å². The Morgan fingerprint density at radius 1 is 1.24 bits per heavy atom. The van der Waals surface area contributed by atoms with Crippen LogP contribution in [-0.2, 0) is 16.6 Å². The fourth-order valence-corrected chi connectivity index (χ4v) is 4.54. The van der Waals surface area contributed by atoms with Gasteiger partial charge in [-0.1, -0.05) is 19.9 Å². The molecule has 9 nitrogen and oxygen atoms in total. The van der Waals surface area contributed by atoms with E-state index in [-0.39, 0.29) is 30.3 Å². The van der Waals surface area contributed by atoms with E-state index in [0.717, 1.165) is 17.3 Å². The lowest BCUT2D eigenvalue weighted by atomic mass is 10.3. The molecule has 154 valence electrons. The lowest BCUT2D eigenvalue weighted by Crippen LogP contribution is -2.30. The molecule has 2 aromatic heterocycles. The van der Waals surface area contributed by atoms with E-state index in [1.165, 1.54) is 16.4 Å². The van der Waals surface area contributed by atoms with E-state index in [2.05, 4.69) is 4.98 Å². The summed E-state index contributed by atoms with van der Waals surface area (Å²) in [4.78, 5) is 15.2. The molecular weight excluding hydrogens is 396 g/mol. The largest absolute Gasteiger partial charge is 0.480 e. The third-order valence-corrected chi connectivity index (χ3v) is 6.62. The second kappa shape index (κ2) is 8.18. The molecule has 0 atom stereocenters. The third kappa shape index (κ3) is 4.08. The molecule has 3 aromatic rings. The van der Waals surface area contributed by atoms with Crippen molar-refractivity contribution in [3.8, 4) is 5.75 Å². The molecule has 1 aromatic carbocycles. The first kappa shape index (κ1) is 20.7. The van der Waals surface area contributed by atoms with Crippen LogP contribution in [-0.4, -0.2) is 40.1 Å². The molecule has 0 N–H and O–H groups in total. The number of nitro benzene ring substituents is 1. The number of ether oxygens (including phenoxy) is 1. The van der Waals surface area contributed by atoms with Gasteiger partial charge in [-0.3, -0.25) is 10.1 Å². The fourth-order valence-electron chi connectivity index (χ4n) is 3.06. The molecule has 0 aliphatic carbocycles. The summed E-state index contributed by atoms with van der Waals surface area (Å²) < 4.78 is 34.0. The minimum atomic E-state index is -3.81. The topological polar surface area (TPSA) is 107 Å². The zero-order valence-electron chi connectivity index (χ0n) is 16.4. The monoisotopic (exact) mass is 418 g/mol. The number of imidazole rings is 1. The van der Waals surface area contributed by atoms with Gasteiger partial charge in [0.2, 0.25) is 10.0 Å². The fraction of sp³-hybridized carbons (Fsp3) is 0.316. The molecule has 0 saturated heterocycles. The van der Waals surface area contributed by atoms with Crippen LogP contribution in [0.1, 0.15) is 25.1 Å². The van der Waals surface area contributed by atoms with Crippen molar-refractivity contribution >= 4 is 21.4 Å². The van der Waals surface area contributed by atoms with Crippen molar-refractivity contribution in [1.29, 1.82) is 0 Å². The molecule has 0 amide bonds. The predicted octanol–water partition coefficient (Wildman–Crippen LogP) is 3.16. The summed E-state index contributed by atoms with van der Waals surface area (Å²) in [6.07, 6.45) is 3.64. The Kier molecular flexibility index (Phi) is 5.85. The highest BCUT2D eigenvalue weighted by atomic mass is 32.2. The van der Waals surface area contributed by atoms with Gasteiger partial charge in [0.25, 0.3) is 0 Å². The molecule has 0 unspecified atom stereocenters.